The minimum absolute atomic E-state index is 0.206. The molecule has 0 saturated heterocycles. The quantitative estimate of drug-likeness (QED) is 0.173. The van der Waals surface area contributed by atoms with Gasteiger partial charge >= 0.3 is 11.9 Å². The number of benzene rings is 4. The second-order valence-corrected chi connectivity index (χ2v) is 12.7. The molecule has 0 fully saturated rings. The van der Waals surface area contributed by atoms with Crippen LogP contribution in [0, 0.1) is 0 Å². The number of hydrogen-bond donors (Lipinski definition) is 2. The molecule has 210 valence electrons. The van der Waals surface area contributed by atoms with Crippen LogP contribution in [0.1, 0.15) is 20.7 Å². The van der Waals surface area contributed by atoms with E-state index < -0.39 is 11.9 Å². The predicted molar refractivity (Wildman–Crippen MR) is 171 cm³/mol. The van der Waals surface area contributed by atoms with E-state index in [1.807, 2.05) is 12.1 Å². The Morgan fingerprint density at radius 3 is 1.00 bits per heavy atom. The van der Waals surface area contributed by atoms with Crippen molar-refractivity contribution in [1.82, 2.24) is 8.97 Å². The standard InChI is InChI=1S/C14H10O4S2.2C9H14N/c15-13(16)9-5-1-3-7-11(9)19-20-12-8-4-2-6-10(12)14(17)18;2*1-10(2,3)9-7-5-4-6-8-9/h1-8H,(H,15,16)(H,17,18);2*4-8H,1-3H3/q;2*+1. The van der Waals surface area contributed by atoms with E-state index in [1.165, 1.54) is 45.1 Å². The van der Waals surface area contributed by atoms with Crippen LogP contribution in [-0.2, 0) is 0 Å². The van der Waals surface area contributed by atoms with Gasteiger partial charge in [-0.3, -0.25) is 8.97 Å². The second kappa shape index (κ2) is 15.3. The van der Waals surface area contributed by atoms with Gasteiger partial charge in [0.1, 0.15) is 11.4 Å². The van der Waals surface area contributed by atoms with Crippen LogP contribution in [0.2, 0.25) is 0 Å². The van der Waals surface area contributed by atoms with Crippen LogP contribution in [0.5, 0.6) is 0 Å². The maximum absolute atomic E-state index is 11.1. The van der Waals surface area contributed by atoms with Gasteiger partial charge in [-0.15, -0.1) is 0 Å². The molecule has 2 N–H and O–H groups in total. The van der Waals surface area contributed by atoms with E-state index in [1.54, 1.807) is 36.4 Å². The van der Waals surface area contributed by atoms with Crippen LogP contribution in [-0.4, -0.2) is 64.4 Å². The van der Waals surface area contributed by atoms with Crippen LogP contribution < -0.4 is 8.97 Å². The zero-order valence-electron chi connectivity index (χ0n) is 23.8. The molecule has 4 aromatic carbocycles. The molecule has 0 aliphatic carbocycles. The fraction of sp³-hybridized carbons (Fsp3) is 0.188. The number of rotatable bonds is 7. The Kier molecular flexibility index (Phi) is 12.5. The van der Waals surface area contributed by atoms with Crippen LogP contribution in [0.3, 0.4) is 0 Å². The van der Waals surface area contributed by atoms with Gasteiger partial charge < -0.3 is 10.2 Å². The first-order valence-electron chi connectivity index (χ1n) is 12.5. The molecule has 0 unspecified atom stereocenters. The maximum atomic E-state index is 11.1. The molecule has 0 atom stereocenters. The van der Waals surface area contributed by atoms with Crippen LogP contribution in [0.15, 0.2) is 119 Å². The summed E-state index contributed by atoms with van der Waals surface area (Å²) in [6.45, 7) is 0. The monoisotopic (exact) mass is 578 g/mol. The maximum Gasteiger partial charge on any atom is 0.336 e. The highest BCUT2D eigenvalue weighted by atomic mass is 33.1. The molecular weight excluding hydrogens is 540 g/mol. The van der Waals surface area contributed by atoms with Crippen LogP contribution in [0.25, 0.3) is 0 Å². The lowest BCUT2D eigenvalue weighted by molar-refractivity contribution is 0.0682. The molecular formula is C32H38N2O4S2+2. The van der Waals surface area contributed by atoms with Crippen LogP contribution >= 0.6 is 21.6 Å². The predicted octanol–water partition coefficient (Wildman–Crippen LogP) is 7.65. The van der Waals surface area contributed by atoms with E-state index >= 15 is 0 Å². The normalized spacial score (nSPS) is 10.8. The van der Waals surface area contributed by atoms with Crippen molar-refractivity contribution in [1.29, 1.82) is 0 Å². The highest BCUT2D eigenvalue weighted by Crippen LogP contribution is 2.40. The summed E-state index contributed by atoms with van der Waals surface area (Å²) in [6.07, 6.45) is 0. The first kappa shape index (κ1) is 32.7. The van der Waals surface area contributed by atoms with Crippen LogP contribution in [0.4, 0.5) is 11.4 Å². The summed E-state index contributed by atoms with van der Waals surface area (Å²) in [5.41, 5.74) is 3.08. The van der Waals surface area contributed by atoms with E-state index in [0.717, 1.165) is 8.97 Å². The third-order valence-electron chi connectivity index (χ3n) is 5.52. The molecule has 0 saturated carbocycles. The van der Waals surface area contributed by atoms with Gasteiger partial charge in [0.25, 0.3) is 0 Å². The second-order valence-electron chi connectivity index (χ2n) is 10.5. The Bertz CT molecular complexity index is 1260. The zero-order valence-corrected chi connectivity index (χ0v) is 25.4. The molecule has 0 radical (unpaired) electrons. The van der Waals surface area contributed by atoms with Gasteiger partial charge in [-0.1, -0.05) is 82.3 Å². The summed E-state index contributed by atoms with van der Waals surface area (Å²) in [5, 5.41) is 18.2. The van der Waals surface area contributed by atoms with E-state index in [0.29, 0.717) is 9.79 Å². The Labute approximate surface area is 245 Å². The number of carbonyl (C=O) groups is 2. The highest BCUT2D eigenvalue weighted by molar-refractivity contribution is 8.76. The first-order chi connectivity index (χ1) is 18.8. The molecule has 6 nitrogen and oxygen atoms in total. The minimum Gasteiger partial charge on any atom is -0.478 e. The number of hydrogen-bond acceptors (Lipinski definition) is 4. The van der Waals surface area contributed by atoms with E-state index in [9.17, 15) is 9.59 Å². The summed E-state index contributed by atoms with van der Waals surface area (Å²) in [6, 6.07) is 34.2. The Hall–Kier alpha value is -3.56. The SMILES string of the molecule is C[N+](C)(C)c1ccccc1.C[N+](C)(C)c1ccccc1.O=C(O)c1ccccc1SSc1ccccc1C(=O)O. The summed E-state index contributed by atoms with van der Waals surface area (Å²) in [7, 11) is 15.4. The molecule has 0 heterocycles. The number of para-hydroxylation sites is 2. The number of carboxylic acid groups (broad SMARTS) is 2. The molecule has 0 aliphatic heterocycles. The van der Waals surface area contributed by atoms with Gasteiger partial charge in [-0.25, -0.2) is 9.59 Å². The summed E-state index contributed by atoms with van der Waals surface area (Å²) in [5.74, 6) is -2.00. The largest absolute Gasteiger partial charge is 0.478 e. The van der Waals surface area contributed by atoms with Crippen molar-refractivity contribution in [3.63, 3.8) is 0 Å². The lowest BCUT2D eigenvalue weighted by Crippen LogP contribution is -2.34. The highest BCUT2D eigenvalue weighted by Gasteiger charge is 2.14. The van der Waals surface area contributed by atoms with Gasteiger partial charge in [0.05, 0.1) is 53.4 Å². The van der Waals surface area contributed by atoms with Crippen molar-refractivity contribution in [3.05, 3.63) is 120 Å². The summed E-state index contributed by atoms with van der Waals surface area (Å²) < 4.78 is 1.78. The van der Waals surface area contributed by atoms with Crippen molar-refractivity contribution in [2.24, 2.45) is 0 Å². The molecule has 4 rings (SSSR count). The van der Waals surface area contributed by atoms with Gasteiger partial charge in [-0.05, 0) is 48.5 Å². The molecule has 8 heteroatoms. The van der Waals surface area contributed by atoms with Gasteiger partial charge in [0.2, 0.25) is 0 Å². The smallest absolute Gasteiger partial charge is 0.336 e. The van der Waals surface area contributed by atoms with Crippen molar-refractivity contribution >= 4 is 44.9 Å². The first-order valence-corrected chi connectivity index (χ1v) is 14.7. The minimum atomic E-state index is -1.000. The van der Waals surface area contributed by atoms with Crippen molar-refractivity contribution in [2.75, 3.05) is 42.3 Å². The third-order valence-corrected chi connectivity index (χ3v) is 8.00. The molecule has 0 aliphatic rings. The topological polar surface area (TPSA) is 74.6 Å². The Morgan fingerprint density at radius 2 is 0.750 bits per heavy atom. The molecule has 0 amide bonds. The lowest BCUT2D eigenvalue weighted by Gasteiger charge is -2.22. The Morgan fingerprint density at radius 1 is 0.475 bits per heavy atom. The number of nitrogens with zero attached hydrogens (tertiary/aromatic N) is 2. The lowest BCUT2D eigenvalue weighted by atomic mass is 10.2. The fourth-order valence-electron chi connectivity index (χ4n) is 3.27. The number of quaternary nitrogens is 2. The number of carboxylic acids is 2. The zero-order chi connectivity index (χ0) is 29.8. The van der Waals surface area contributed by atoms with Crippen molar-refractivity contribution in [2.45, 2.75) is 9.79 Å². The van der Waals surface area contributed by atoms with E-state index in [2.05, 4.69) is 90.8 Å². The molecule has 4 aromatic rings. The van der Waals surface area contributed by atoms with Crippen molar-refractivity contribution < 1.29 is 19.8 Å². The molecule has 0 bridgehead atoms. The fourth-order valence-corrected chi connectivity index (χ4v) is 5.62. The average Bonchev–Trinajstić information content (AvgIpc) is 2.93. The summed E-state index contributed by atoms with van der Waals surface area (Å²) >= 11 is 0. The van der Waals surface area contributed by atoms with Gasteiger partial charge in [-0.2, -0.15) is 0 Å². The Balaban J connectivity index is 0.000000235. The van der Waals surface area contributed by atoms with Gasteiger partial charge in [0.15, 0.2) is 0 Å². The van der Waals surface area contributed by atoms with Gasteiger partial charge in [0, 0.05) is 9.79 Å². The third kappa shape index (κ3) is 10.9. The number of aromatic carboxylic acids is 2. The van der Waals surface area contributed by atoms with E-state index in [4.69, 9.17) is 10.2 Å². The summed E-state index contributed by atoms with van der Waals surface area (Å²) in [4.78, 5) is 23.4. The van der Waals surface area contributed by atoms with E-state index in [-0.39, 0.29) is 11.1 Å². The molecule has 0 spiro atoms. The average molecular weight is 579 g/mol. The molecule has 0 aromatic heterocycles. The molecule has 40 heavy (non-hydrogen) atoms. The van der Waals surface area contributed by atoms with Crippen molar-refractivity contribution in [3.8, 4) is 0 Å².